The fourth-order valence-corrected chi connectivity index (χ4v) is 4.10. The molecule has 1 atom stereocenters. The molecule has 24 heavy (non-hydrogen) atoms. The number of carbonyl (C=O) groups excluding carboxylic acids is 1. The molecule has 1 amide bonds. The topological polar surface area (TPSA) is 65.5 Å². The van der Waals surface area contributed by atoms with E-state index in [4.69, 9.17) is 4.99 Å². The number of nitrogens with zero attached hydrogens (tertiary/aromatic N) is 1. The average molecular weight is 468 g/mol. The van der Waals surface area contributed by atoms with Gasteiger partial charge in [-0.1, -0.05) is 6.42 Å². The zero-order valence-corrected chi connectivity index (χ0v) is 18.2. The minimum absolute atomic E-state index is 0. The van der Waals surface area contributed by atoms with E-state index in [0.717, 1.165) is 51.4 Å². The van der Waals surface area contributed by atoms with Crippen molar-refractivity contribution in [1.29, 1.82) is 0 Å². The van der Waals surface area contributed by atoms with Gasteiger partial charge in [0.15, 0.2) is 5.96 Å². The second-order valence-corrected chi connectivity index (χ2v) is 8.48. The van der Waals surface area contributed by atoms with E-state index in [-0.39, 0.29) is 35.8 Å². The van der Waals surface area contributed by atoms with Gasteiger partial charge < -0.3 is 16.0 Å². The number of nitrogens with one attached hydrogen (secondary N) is 3. The molecule has 0 radical (unpaired) electrons. The van der Waals surface area contributed by atoms with Crippen LogP contribution in [0.15, 0.2) is 4.99 Å². The monoisotopic (exact) mass is 468 g/mol. The molecule has 2 rings (SSSR count). The van der Waals surface area contributed by atoms with Gasteiger partial charge in [0.25, 0.3) is 0 Å². The zero-order chi connectivity index (χ0) is 16.5. The van der Waals surface area contributed by atoms with Crippen LogP contribution in [0.1, 0.15) is 52.4 Å². The molecule has 1 saturated heterocycles. The van der Waals surface area contributed by atoms with Crippen LogP contribution < -0.4 is 16.0 Å². The van der Waals surface area contributed by atoms with Crippen LogP contribution in [0.4, 0.5) is 0 Å². The Kier molecular flexibility index (Phi) is 10.4. The lowest BCUT2D eigenvalue weighted by Crippen LogP contribution is -2.40. The molecule has 2 aliphatic rings. The van der Waals surface area contributed by atoms with Gasteiger partial charge >= 0.3 is 0 Å². The minimum Gasteiger partial charge on any atom is -0.357 e. The maximum Gasteiger partial charge on any atom is 0.223 e. The Bertz CT molecular complexity index is 409. The van der Waals surface area contributed by atoms with E-state index < -0.39 is 0 Å². The first-order valence-electron chi connectivity index (χ1n) is 9.07. The highest BCUT2D eigenvalue weighted by Crippen LogP contribution is 2.37. The summed E-state index contributed by atoms with van der Waals surface area (Å²) in [5.41, 5.74) is 0. The van der Waals surface area contributed by atoms with Gasteiger partial charge in [0, 0.05) is 30.3 Å². The third kappa shape index (κ3) is 7.37. The first-order chi connectivity index (χ1) is 11.1. The van der Waals surface area contributed by atoms with Gasteiger partial charge in [0.1, 0.15) is 0 Å². The molecular formula is C17H33IN4OS. The Balaban J connectivity index is 0.00000288. The summed E-state index contributed by atoms with van der Waals surface area (Å²) >= 11 is 2.04. The third-order valence-corrected chi connectivity index (χ3v) is 6.16. The average Bonchev–Trinajstić information content (AvgIpc) is 2.89. The van der Waals surface area contributed by atoms with Crippen molar-refractivity contribution < 1.29 is 4.79 Å². The fraction of sp³-hybridized carbons (Fsp3) is 0.882. The van der Waals surface area contributed by atoms with Crippen LogP contribution in [0.2, 0.25) is 0 Å². The summed E-state index contributed by atoms with van der Waals surface area (Å²) in [6.07, 6.45) is 6.83. The van der Waals surface area contributed by atoms with E-state index in [2.05, 4.69) is 29.8 Å². The molecule has 3 N–H and O–H groups in total. The van der Waals surface area contributed by atoms with Crippen molar-refractivity contribution in [2.24, 2.45) is 10.9 Å². The van der Waals surface area contributed by atoms with E-state index in [1.807, 2.05) is 11.8 Å². The van der Waals surface area contributed by atoms with Crippen molar-refractivity contribution in [3.05, 3.63) is 0 Å². The van der Waals surface area contributed by atoms with Crippen molar-refractivity contribution in [3.8, 4) is 0 Å². The molecule has 0 aromatic heterocycles. The highest BCUT2D eigenvalue weighted by atomic mass is 127. The Morgan fingerprint density at radius 3 is 2.54 bits per heavy atom. The maximum atomic E-state index is 11.7. The number of rotatable bonds is 8. The van der Waals surface area contributed by atoms with Gasteiger partial charge in [-0.3, -0.25) is 9.79 Å². The molecule has 1 aliphatic heterocycles. The minimum atomic E-state index is 0. The lowest BCUT2D eigenvalue weighted by Gasteiger charge is -2.24. The fourth-order valence-electron chi connectivity index (χ4n) is 2.87. The maximum absolute atomic E-state index is 11.7. The normalized spacial score (nSPS) is 24.0. The molecule has 0 spiro atoms. The standard InChI is InChI=1S/C17H32N4OS.HI/c1-3-18-16(21-13-17(2)9-5-12-23-17)20-11-6-10-19-15(22)14-7-4-8-14;/h14H,3-13H2,1-2H3,(H,19,22)(H2,18,20,21);1H. The number of aliphatic imine (C=N–C) groups is 1. The largest absolute Gasteiger partial charge is 0.357 e. The zero-order valence-electron chi connectivity index (χ0n) is 15.0. The first-order valence-corrected chi connectivity index (χ1v) is 10.1. The molecule has 5 nitrogen and oxygen atoms in total. The van der Waals surface area contributed by atoms with E-state index in [1.54, 1.807) is 0 Å². The molecule has 2 fully saturated rings. The van der Waals surface area contributed by atoms with Crippen LogP contribution in [0, 0.1) is 5.92 Å². The Morgan fingerprint density at radius 1 is 1.21 bits per heavy atom. The van der Waals surface area contributed by atoms with Crippen molar-refractivity contribution in [3.63, 3.8) is 0 Å². The van der Waals surface area contributed by atoms with Crippen molar-refractivity contribution in [1.82, 2.24) is 16.0 Å². The van der Waals surface area contributed by atoms with Crippen molar-refractivity contribution >= 4 is 47.6 Å². The van der Waals surface area contributed by atoms with Gasteiger partial charge in [-0.25, -0.2) is 0 Å². The van der Waals surface area contributed by atoms with E-state index in [9.17, 15) is 4.79 Å². The SMILES string of the molecule is CCNC(=NCC1(C)CCCS1)NCCCNC(=O)C1CCC1.I. The number of guanidine groups is 1. The van der Waals surface area contributed by atoms with Crippen LogP contribution in [0.25, 0.3) is 0 Å². The number of carbonyl (C=O) groups is 1. The molecule has 0 aromatic carbocycles. The van der Waals surface area contributed by atoms with Crippen LogP contribution in [-0.4, -0.2) is 48.5 Å². The highest BCUT2D eigenvalue weighted by molar-refractivity contribution is 14.0. The summed E-state index contributed by atoms with van der Waals surface area (Å²) in [6.45, 7) is 7.71. The number of hydrogen-bond acceptors (Lipinski definition) is 3. The van der Waals surface area contributed by atoms with Crippen LogP contribution in [0.5, 0.6) is 0 Å². The number of thioether (sulfide) groups is 1. The second-order valence-electron chi connectivity index (χ2n) is 6.80. The Morgan fingerprint density at radius 2 is 1.96 bits per heavy atom. The van der Waals surface area contributed by atoms with E-state index >= 15 is 0 Å². The molecule has 1 unspecified atom stereocenters. The van der Waals surface area contributed by atoms with Gasteiger partial charge in [0.05, 0.1) is 6.54 Å². The molecule has 140 valence electrons. The molecule has 1 heterocycles. The number of hydrogen-bond donors (Lipinski definition) is 3. The lowest BCUT2D eigenvalue weighted by atomic mass is 9.85. The van der Waals surface area contributed by atoms with E-state index in [1.165, 1.54) is 25.0 Å². The third-order valence-electron chi connectivity index (χ3n) is 4.64. The van der Waals surface area contributed by atoms with Gasteiger partial charge in [-0.2, -0.15) is 11.8 Å². The lowest BCUT2D eigenvalue weighted by molar-refractivity contribution is -0.127. The second kappa shape index (κ2) is 11.4. The van der Waals surface area contributed by atoms with E-state index in [0.29, 0.717) is 4.75 Å². The molecule has 1 aliphatic carbocycles. The first kappa shape index (κ1) is 21.9. The predicted octanol–water partition coefficient (Wildman–Crippen LogP) is 2.75. The number of amides is 1. The summed E-state index contributed by atoms with van der Waals surface area (Å²) in [5.74, 6) is 2.68. The van der Waals surface area contributed by atoms with Gasteiger partial charge in [-0.05, 0) is 51.7 Å². The summed E-state index contributed by atoms with van der Waals surface area (Å²) in [7, 11) is 0. The smallest absolute Gasteiger partial charge is 0.223 e. The highest BCUT2D eigenvalue weighted by Gasteiger charge is 2.29. The summed E-state index contributed by atoms with van der Waals surface area (Å²) in [6, 6.07) is 0. The van der Waals surface area contributed by atoms with Crippen molar-refractivity contribution in [2.45, 2.75) is 57.1 Å². The van der Waals surface area contributed by atoms with Crippen molar-refractivity contribution in [2.75, 3.05) is 31.9 Å². The van der Waals surface area contributed by atoms with Crippen LogP contribution >= 0.6 is 35.7 Å². The molecule has 7 heteroatoms. The van der Waals surface area contributed by atoms with Crippen LogP contribution in [0.3, 0.4) is 0 Å². The summed E-state index contributed by atoms with van der Waals surface area (Å²) in [5, 5.41) is 9.70. The molecule has 0 bridgehead atoms. The molecule has 1 saturated carbocycles. The quantitative estimate of drug-likeness (QED) is 0.222. The predicted molar refractivity (Wildman–Crippen MR) is 114 cm³/mol. The van der Waals surface area contributed by atoms with Crippen LogP contribution in [-0.2, 0) is 4.79 Å². The Labute approximate surface area is 168 Å². The van der Waals surface area contributed by atoms with Gasteiger partial charge in [-0.15, -0.1) is 24.0 Å². The van der Waals surface area contributed by atoms with Gasteiger partial charge in [0.2, 0.25) is 5.91 Å². The molecular weight excluding hydrogens is 435 g/mol. The summed E-state index contributed by atoms with van der Waals surface area (Å²) in [4.78, 5) is 16.5. The Hall–Kier alpha value is -0.180. The number of halogens is 1. The summed E-state index contributed by atoms with van der Waals surface area (Å²) < 4.78 is 0.305. The molecule has 0 aromatic rings.